The number of rotatable bonds is 3. The first-order valence-corrected chi connectivity index (χ1v) is 9.37. The van der Waals surface area contributed by atoms with Crippen LogP contribution in [0.5, 0.6) is 5.75 Å². The first kappa shape index (κ1) is 21.0. The summed E-state index contributed by atoms with van der Waals surface area (Å²) >= 11 is 0. The van der Waals surface area contributed by atoms with E-state index in [2.05, 4.69) is 15.0 Å². The second-order valence-corrected chi connectivity index (χ2v) is 7.03. The number of anilines is 1. The fourth-order valence-electron chi connectivity index (χ4n) is 3.54. The number of aliphatic imine (C=N–C) groups is 1. The Morgan fingerprint density at radius 1 is 1.31 bits per heavy atom. The normalized spacial score (nSPS) is 22.9. The van der Waals surface area contributed by atoms with E-state index in [1.807, 2.05) is 13.8 Å². The standard InChI is InChI=1S/C18H17F3N4O2.C2H6/c1-9-2-10(18(19,20)21)3-14(26)15(9)12-6-23-13(16(22)25-12)7-24-17-4-11(5-17)27-8-17;1-2/h2-3,6-7,11,26H,4-5,8H2,1H3,(H2,22,25);1-2H3. The third kappa shape index (κ3) is 4.05. The van der Waals surface area contributed by atoms with Gasteiger partial charge in [0.25, 0.3) is 0 Å². The van der Waals surface area contributed by atoms with Crippen LogP contribution in [-0.4, -0.2) is 39.5 Å². The van der Waals surface area contributed by atoms with Crippen LogP contribution in [0.15, 0.2) is 23.3 Å². The van der Waals surface area contributed by atoms with Gasteiger partial charge in [-0.1, -0.05) is 13.8 Å². The smallest absolute Gasteiger partial charge is 0.416 e. The van der Waals surface area contributed by atoms with Gasteiger partial charge in [-0.25, -0.2) is 9.97 Å². The highest BCUT2D eigenvalue weighted by Crippen LogP contribution is 2.45. The number of phenolic OH excluding ortho intramolecular Hbond substituents is 1. The van der Waals surface area contributed by atoms with Crippen molar-refractivity contribution in [1.82, 2.24) is 9.97 Å². The maximum absolute atomic E-state index is 12.9. The molecule has 2 saturated heterocycles. The van der Waals surface area contributed by atoms with E-state index in [0.29, 0.717) is 24.5 Å². The monoisotopic (exact) mass is 408 g/mol. The van der Waals surface area contributed by atoms with E-state index < -0.39 is 17.5 Å². The molecule has 3 N–H and O–H groups in total. The van der Waals surface area contributed by atoms with Gasteiger partial charge in [0.1, 0.15) is 11.4 Å². The number of ether oxygens (including phenoxy) is 1. The average molecular weight is 408 g/mol. The number of fused-ring (bicyclic) bond motifs is 1. The van der Waals surface area contributed by atoms with Crippen LogP contribution >= 0.6 is 0 Å². The number of aryl methyl sites for hydroxylation is 1. The average Bonchev–Trinajstić information content (AvgIpc) is 3.22. The van der Waals surface area contributed by atoms with Crippen molar-refractivity contribution in [3.63, 3.8) is 0 Å². The maximum atomic E-state index is 12.9. The predicted molar refractivity (Wildman–Crippen MR) is 104 cm³/mol. The van der Waals surface area contributed by atoms with Crippen molar-refractivity contribution in [3.05, 3.63) is 35.2 Å². The fraction of sp³-hybridized carbons (Fsp3) is 0.450. The van der Waals surface area contributed by atoms with Crippen molar-refractivity contribution in [2.45, 2.75) is 51.4 Å². The highest BCUT2D eigenvalue weighted by Gasteiger charge is 2.51. The largest absolute Gasteiger partial charge is 0.507 e. The fourth-order valence-corrected chi connectivity index (χ4v) is 3.54. The molecule has 0 amide bonds. The molecule has 6 nitrogen and oxygen atoms in total. The number of nitrogen functional groups attached to an aromatic ring is 1. The summed E-state index contributed by atoms with van der Waals surface area (Å²) in [5.74, 6) is -0.443. The first-order valence-electron chi connectivity index (χ1n) is 9.37. The summed E-state index contributed by atoms with van der Waals surface area (Å²) in [5.41, 5.74) is 5.76. The molecule has 156 valence electrons. The van der Waals surface area contributed by atoms with Crippen LogP contribution < -0.4 is 5.73 Å². The number of phenols is 1. The molecule has 5 rings (SSSR count). The molecule has 0 spiro atoms. The molecule has 3 fully saturated rings. The minimum Gasteiger partial charge on any atom is -0.507 e. The van der Waals surface area contributed by atoms with Crippen LogP contribution in [-0.2, 0) is 10.9 Å². The molecule has 2 aromatic rings. The Bertz CT molecular complexity index is 909. The third-order valence-corrected chi connectivity index (χ3v) is 4.99. The summed E-state index contributed by atoms with van der Waals surface area (Å²) < 4.78 is 44.1. The number of hydrogen-bond acceptors (Lipinski definition) is 6. The molecule has 3 aliphatic rings. The van der Waals surface area contributed by atoms with Crippen molar-refractivity contribution in [2.24, 2.45) is 4.99 Å². The van der Waals surface area contributed by atoms with E-state index in [0.717, 1.165) is 18.9 Å². The predicted octanol–water partition coefficient (Wildman–Crippen LogP) is 4.14. The maximum Gasteiger partial charge on any atom is 0.416 e. The van der Waals surface area contributed by atoms with Crippen LogP contribution in [0.2, 0.25) is 0 Å². The van der Waals surface area contributed by atoms with Gasteiger partial charge >= 0.3 is 6.18 Å². The molecule has 0 radical (unpaired) electrons. The molecule has 3 heterocycles. The van der Waals surface area contributed by atoms with E-state index in [1.165, 1.54) is 13.1 Å². The molecule has 1 aromatic heterocycles. The lowest BCUT2D eigenvalue weighted by Gasteiger charge is -2.30. The van der Waals surface area contributed by atoms with E-state index >= 15 is 0 Å². The van der Waals surface area contributed by atoms with Gasteiger partial charge in [0.05, 0.1) is 41.9 Å². The second-order valence-electron chi connectivity index (χ2n) is 7.03. The molecular weight excluding hydrogens is 385 g/mol. The summed E-state index contributed by atoms with van der Waals surface area (Å²) in [4.78, 5) is 12.9. The van der Waals surface area contributed by atoms with Crippen molar-refractivity contribution in [2.75, 3.05) is 12.3 Å². The molecule has 0 atom stereocenters. The van der Waals surface area contributed by atoms with E-state index in [1.54, 1.807) is 6.21 Å². The molecule has 2 aliphatic heterocycles. The summed E-state index contributed by atoms with van der Waals surface area (Å²) in [6.07, 6.45) is 0.422. The minimum absolute atomic E-state index is 0.0844. The Labute approximate surface area is 166 Å². The highest BCUT2D eigenvalue weighted by atomic mass is 19.4. The number of nitrogens with zero attached hydrogens (tertiary/aromatic N) is 3. The SMILES string of the molecule is CC.Cc1cc(C(F)(F)F)cc(O)c1-c1cnc(C=NC23COC(C2)C3)c(N)n1. The summed E-state index contributed by atoms with van der Waals surface area (Å²) in [5, 5.41) is 10.1. The molecule has 2 bridgehead atoms. The van der Waals surface area contributed by atoms with Gasteiger partial charge in [0.2, 0.25) is 0 Å². The van der Waals surface area contributed by atoms with Gasteiger partial charge in [-0.15, -0.1) is 0 Å². The first-order chi connectivity index (χ1) is 13.7. The number of benzene rings is 1. The van der Waals surface area contributed by atoms with Gasteiger partial charge in [0.15, 0.2) is 5.82 Å². The molecule has 0 unspecified atom stereocenters. The van der Waals surface area contributed by atoms with E-state index in [9.17, 15) is 18.3 Å². The van der Waals surface area contributed by atoms with Gasteiger partial charge in [-0.3, -0.25) is 4.99 Å². The number of nitrogens with two attached hydrogens (primary N) is 1. The topological polar surface area (TPSA) is 93.6 Å². The van der Waals surface area contributed by atoms with Crippen molar-refractivity contribution < 1.29 is 23.0 Å². The van der Waals surface area contributed by atoms with Gasteiger partial charge in [-0.05, 0) is 24.6 Å². The Hall–Kier alpha value is -2.68. The molecule has 1 aliphatic carbocycles. The summed E-state index contributed by atoms with van der Waals surface area (Å²) in [6, 6.07) is 1.62. The highest BCUT2D eigenvalue weighted by molar-refractivity contribution is 5.84. The lowest BCUT2D eigenvalue weighted by molar-refractivity contribution is -0.137. The quantitative estimate of drug-likeness (QED) is 0.745. The number of aromatic hydroxyl groups is 1. The number of aromatic nitrogens is 2. The zero-order valence-corrected chi connectivity index (χ0v) is 16.4. The Balaban J connectivity index is 0.00000117. The number of hydrogen-bond donors (Lipinski definition) is 2. The molecular formula is C20H23F3N4O2. The zero-order chi connectivity index (χ0) is 21.4. The minimum atomic E-state index is -4.55. The van der Waals surface area contributed by atoms with Crippen LogP contribution in [0, 0.1) is 6.92 Å². The van der Waals surface area contributed by atoms with Crippen LogP contribution in [0.4, 0.5) is 19.0 Å². The zero-order valence-electron chi connectivity index (χ0n) is 16.4. The third-order valence-electron chi connectivity index (χ3n) is 4.99. The molecule has 29 heavy (non-hydrogen) atoms. The van der Waals surface area contributed by atoms with Crippen LogP contribution in [0.25, 0.3) is 11.3 Å². The second kappa shape index (κ2) is 7.62. The summed E-state index contributed by atoms with van der Waals surface area (Å²) in [7, 11) is 0. The van der Waals surface area contributed by atoms with Crippen molar-refractivity contribution in [1.29, 1.82) is 0 Å². The van der Waals surface area contributed by atoms with E-state index in [-0.39, 0.29) is 28.2 Å². The van der Waals surface area contributed by atoms with E-state index in [4.69, 9.17) is 10.5 Å². The Morgan fingerprint density at radius 3 is 2.52 bits per heavy atom. The van der Waals surface area contributed by atoms with Gasteiger partial charge in [-0.2, -0.15) is 13.2 Å². The lowest BCUT2D eigenvalue weighted by Crippen LogP contribution is -2.37. The van der Waals surface area contributed by atoms with Crippen molar-refractivity contribution >= 4 is 12.0 Å². The Kier molecular flexibility index (Phi) is 5.53. The molecule has 9 heteroatoms. The number of halogens is 3. The molecule has 1 aromatic carbocycles. The van der Waals surface area contributed by atoms with Gasteiger partial charge < -0.3 is 15.6 Å². The van der Waals surface area contributed by atoms with Gasteiger partial charge in [0, 0.05) is 18.4 Å². The van der Waals surface area contributed by atoms with Crippen LogP contribution in [0.3, 0.4) is 0 Å². The number of alkyl halides is 3. The summed E-state index contributed by atoms with van der Waals surface area (Å²) in [6.45, 7) is 6.04. The molecule has 1 saturated carbocycles. The van der Waals surface area contributed by atoms with Crippen LogP contribution in [0.1, 0.15) is 43.5 Å². The Morgan fingerprint density at radius 2 is 2.00 bits per heavy atom. The lowest BCUT2D eigenvalue weighted by atomic mass is 9.79. The van der Waals surface area contributed by atoms with Crippen molar-refractivity contribution in [3.8, 4) is 17.0 Å².